The summed E-state index contributed by atoms with van der Waals surface area (Å²) in [5.74, 6) is 0. The predicted molar refractivity (Wildman–Crippen MR) is 91.3 cm³/mol. The van der Waals surface area contributed by atoms with Crippen LogP contribution in [0.25, 0.3) is 0 Å². The fourth-order valence-electron chi connectivity index (χ4n) is 2.44. The van der Waals surface area contributed by atoms with E-state index in [4.69, 9.17) is 0 Å². The van der Waals surface area contributed by atoms with Crippen LogP contribution in [0.15, 0.2) is 12.2 Å². The molecule has 1 unspecified atom stereocenters. The second-order valence-corrected chi connectivity index (χ2v) is 5.94. The number of hydrogen-bond donors (Lipinski definition) is 0. The number of hydrogen-bond acceptors (Lipinski definition) is 3. The summed E-state index contributed by atoms with van der Waals surface area (Å²) in [5, 5.41) is 10.4. The first kappa shape index (κ1) is 20.8. The van der Waals surface area contributed by atoms with Crippen molar-refractivity contribution >= 4 is 6.29 Å². The quantitative estimate of drug-likeness (QED) is 0.166. The van der Waals surface area contributed by atoms with Crippen LogP contribution in [0.2, 0.25) is 0 Å². The maximum absolute atomic E-state index is 10.4. The Labute approximate surface area is 135 Å². The molecule has 0 N–H and O–H groups in total. The number of unbranched alkanes of at least 4 members (excludes halogenated alkanes) is 10. The lowest BCUT2D eigenvalue weighted by Gasteiger charge is -2.01. The predicted octanol–water partition coefficient (Wildman–Crippen LogP) is 5.39. The normalized spacial score (nSPS) is 12.6. The molecule has 22 heavy (non-hydrogen) atoms. The van der Waals surface area contributed by atoms with Crippen LogP contribution in [-0.2, 0) is 4.79 Å². The molecule has 0 fully saturated rings. The Morgan fingerprint density at radius 2 is 1.41 bits per heavy atom. The lowest BCUT2D eigenvalue weighted by Crippen LogP contribution is -2.20. The molecule has 0 aromatic heterocycles. The van der Waals surface area contributed by atoms with Crippen LogP contribution in [0.4, 0.5) is 0 Å². The number of nitro groups is 1. The van der Waals surface area contributed by atoms with Gasteiger partial charge < -0.3 is 0 Å². The van der Waals surface area contributed by atoms with Crippen LogP contribution >= 0.6 is 0 Å². The molecule has 0 spiro atoms. The zero-order chi connectivity index (χ0) is 16.5. The first-order valence-corrected chi connectivity index (χ1v) is 8.88. The van der Waals surface area contributed by atoms with E-state index in [1.54, 1.807) is 0 Å². The highest BCUT2D eigenvalue weighted by Gasteiger charge is 2.18. The molecule has 0 rings (SSSR count). The summed E-state index contributed by atoms with van der Waals surface area (Å²) in [6.45, 7) is 2.24. The van der Waals surface area contributed by atoms with Gasteiger partial charge in [-0.3, -0.25) is 14.9 Å². The van der Waals surface area contributed by atoms with E-state index in [9.17, 15) is 14.9 Å². The third kappa shape index (κ3) is 13.8. The molecule has 4 nitrogen and oxygen atoms in total. The summed E-state index contributed by atoms with van der Waals surface area (Å²) in [6, 6.07) is -1.13. The van der Waals surface area contributed by atoms with E-state index in [0.717, 1.165) is 32.1 Å². The van der Waals surface area contributed by atoms with E-state index in [1.165, 1.54) is 51.2 Å². The minimum absolute atomic E-state index is 0.324. The van der Waals surface area contributed by atoms with Crippen molar-refractivity contribution in [1.29, 1.82) is 0 Å². The number of allylic oxidation sites excluding steroid dienone is 2. The number of carbonyl (C=O) groups excluding carboxylic acids is 1. The molecule has 4 heteroatoms. The average Bonchev–Trinajstić information content (AvgIpc) is 2.51. The van der Waals surface area contributed by atoms with Gasteiger partial charge >= 0.3 is 0 Å². The summed E-state index contributed by atoms with van der Waals surface area (Å²) < 4.78 is 0. The van der Waals surface area contributed by atoms with E-state index < -0.39 is 11.0 Å². The summed E-state index contributed by atoms with van der Waals surface area (Å²) >= 11 is 0. The van der Waals surface area contributed by atoms with Gasteiger partial charge in [-0.05, 0) is 32.1 Å². The molecule has 0 aromatic rings. The van der Waals surface area contributed by atoms with Crippen molar-refractivity contribution in [2.75, 3.05) is 0 Å². The Kier molecular flexibility index (Phi) is 15.3. The zero-order valence-electron chi connectivity index (χ0n) is 14.1. The van der Waals surface area contributed by atoms with Gasteiger partial charge in [0.15, 0.2) is 0 Å². The minimum Gasteiger partial charge on any atom is -0.283 e. The van der Waals surface area contributed by atoms with Crippen molar-refractivity contribution in [3.8, 4) is 0 Å². The largest absolute Gasteiger partial charge is 0.283 e. The van der Waals surface area contributed by atoms with Gasteiger partial charge in [-0.2, -0.15) is 0 Å². The molecular formula is C18H32NO3. The fourth-order valence-corrected chi connectivity index (χ4v) is 2.44. The number of nitrogens with zero attached hydrogens (tertiary/aromatic N) is 1. The molecule has 0 aromatic carbocycles. The second kappa shape index (κ2) is 16.2. The molecule has 0 heterocycles. The minimum atomic E-state index is -1.13. The first-order chi connectivity index (χ1) is 10.7. The Hall–Kier alpha value is -1.19. The van der Waals surface area contributed by atoms with Gasteiger partial charge in [0.05, 0.1) is 0 Å². The van der Waals surface area contributed by atoms with E-state index >= 15 is 0 Å². The molecule has 1 atom stereocenters. The van der Waals surface area contributed by atoms with E-state index in [0.29, 0.717) is 6.42 Å². The molecular weight excluding hydrogens is 278 g/mol. The van der Waals surface area contributed by atoms with Gasteiger partial charge in [0.1, 0.15) is 0 Å². The summed E-state index contributed by atoms with van der Waals surface area (Å²) in [4.78, 5) is 20.2. The van der Waals surface area contributed by atoms with Crippen LogP contribution in [-0.4, -0.2) is 17.3 Å². The maximum Gasteiger partial charge on any atom is 0.278 e. The van der Waals surface area contributed by atoms with Crippen LogP contribution < -0.4 is 0 Å². The van der Waals surface area contributed by atoms with E-state index in [-0.39, 0.29) is 0 Å². The van der Waals surface area contributed by atoms with Crippen LogP contribution in [0, 0.1) is 10.1 Å². The van der Waals surface area contributed by atoms with Crippen molar-refractivity contribution in [2.45, 2.75) is 96.4 Å². The highest BCUT2D eigenvalue weighted by Crippen LogP contribution is 2.10. The third-order valence-corrected chi connectivity index (χ3v) is 3.88. The van der Waals surface area contributed by atoms with Crippen molar-refractivity contribution in [3.63, 3.8) is 0 Å². The first-order valence-electron chi connectivity index (χ1n) is 8.88. The standard InChI is InChI=1S/C18H32NO3/c1-2-3-4-5-6-7-8-9-10-11-12-13-14-15-16-18(17-20)19(21)22/h9-10,18H,2-8,11-16H2,1H3/b10-9+. The molecule has 1 radical (unpaired) electrons. The highest BCUT2D eigenvalue weighted by atomic mass is 16.6. The summed E-state index contributed by atoms with van der Waals surface area (Å²) in [5.41, 5.74) is 0. The fraction of sp³-hybridized carbons (Fsp3) is 0.833. The van der Waals surface area contributed by atoms with Crippen molar-refractivity contribution < 1.29 is 9.72 Å². The Morgan fingerprint density at radius 1 is 0.909 bits per heavy atom. The van der Waals surface area contributed by atoms with E-state index in [1.807, 2.05) is 0 Å². The van der Waals surface area contributed by atoms with Crippen molar-refractivity contribution in [1.82, 2.24) is 0 Å². The van der Waals surface area contributed by atoms with Gasteiger partial charge in [-0.25, -0.2) is 0 Å². The smallest absolute Gasteiger partial charge is 0.278 e. The topological polar surface area (TPSA) is 60.2 Å². The van der Waals surface area contributed by atoms with Crippen LogP contribution in [0.3, 0.4) is 0 Å². The Morgan fingerprint density at radius 3 is 1.91 bits per heavy atom. The van der Waals surface area contributed by atoms with Gasteiger partial charge in [0.25, 0.3) is 12.3 Å². The molecule has 0 bridgehead atoms. The molecule has 0 saturated heterocycles. The third-order valence-electron chi connectivity index (χ3n) is 3.88. The average molecular weight is 310 g/mol. The zero-order valence-corrected chi connectivity index (χ0v) is 14.1. The molecule has 0 aliphatic carbocycles. The number of rotatable bonds is 16. The summed E-state index contributed by atoms with van der Waals surface area (Å²) in [6.07, 6.45) is 20.6. The second-order valence-electron chi connectivity index (χ2n) is 5.94. The van der Waals surface area contributed by atoms with Crippen LogP contribution in [0.1, 0.15) is 90.4 Å². The van der Waals surface area contributed by atoms with Gasteiger partial charge in [-0.1, -0.05) is 64.0 Å². The molecule has 0 amide bonds. The van der Waals surface area contributed by atoms with Crippen molar-refractivity contribution in [3.05, 3.63) is 22.3 Å². The monoisotopic (exact) mass is 310 g/mol. The van der Waals surface area contributed by atoms with Gasteiger partial charge in [-0.15, -0.1) is 0 Å². The van der Waals surface area contributed by atoms with Gasteiger partial charge in [0.2, 0.25) is 0 Å². The molecule has 0 saturated carbocycles. The Balaban J connectivity index is 3.27. The van der Waals surface area contributed by atoms with E-state index in [2.05, 4.69) is 19.1 Å². The maximum atomic E-state index is 10.4. The SMILES string of the molecule is CCCCCCCC/C=C/CCCCCCC([C]=O)[N+](=O)[O-]. The summed E-state index contributed by atoms with van der Waals surface area (Å²) in [7, 11) is 0. The molecule has 0 aliphatic heterocycles. The lowest BCUT2D eigenvalue weighted by molar-refractivity contribution is -0.503. The highest BCUT2D eigenvalue weighted by molar-refractivity contribution is 5.56. The van der Waals surface area contributed by atoms with Gasteiger partial charge in [0, 0.05) is 11.3 Å². The van der Waals surface area contributed by atoms with Crippen LogP contribution in [0.5, 0.6) is 0 Å². The lowest BCUT2D eigenvalue weighted by atomic mass is 10.1. The van der Waals surface area contributed by atoms with Crippen molar-refractivity contribution in [2.24, 2.45) is 0 Å². The molecule has 0 aliphatic rings. The molecule has 127 valence electrons. The Bertz CT molecular complexity index is 303.